The molecule has 2 N–H and O–H groups in total. The van der Waals surface area contributed by atoms with Crippen molar-refractivity contribution in [2.24, 2.45) is 17.8 Å². The molecule has 1 rings (SSSR count). The number of terminal acetylenes is 1. The summed E-state index contributed by atoms with van der Waals surface area (Å²) >= 11 is 0. The Kier molecular flexibility index (Phi) is 4.36. The molecule has 0 bridgehead atoms. The van der Waals surface area contributed by atoms with Crippen LogP contribution in [-0.2, 0) is 9.59 Å². The van der Waals surface area contributed by atoms with Crippen molar-refractivity contribution in [3.05, 3.63) is 0 Å². The standard InChI is InChI=1S/C12H17NO3/c1-3-4-5-13-11(14)9-6-8(2)7-10(9)12(15)16/h1,8-10H,4-7H2,2H3,(H,13,14)(H,15,16). The topological polar surface area (TPSA) is 66.4 Å². The van der Waals surface area contributed by atoms with Crippen LogP contribution in [0.3, 0.4) is 0 Å². The SMILES string of the molecule is C#CCCNC(=O)C1CC(C)CC1C(=O)O. The molecule has 88 valence electrons. The van der Waals surface area contributed by atoms with Gasteiger partial charge in [0.25, 0.3) is 0 Å². The molecule has 16 heavy (non-hydrogen) atoms. The van der Waals surface area contributed by atoms with Crippen molar-refractivity contribution in [3.63, 3.8) is 0 Å². The Morgan fingerprint density at radius 3 is 2.62 bits per heavy atom. The molecule has 3 atom stereocenters. The number of amides is 1. The number of rotatable bonds is 4. The Labute approximate surface area is 95.4 Å². The van der Waals surface area contributed by atoms with Crippen molar-refractivity contribution in [1.82, 2.24) is 5.32 Å². The average molecular weight is 223 g/mol. The van der Waals surface area contributed by atoms with Crippen LogP contribution in [0, 0.1) is 30.1 Å². The van der Waals surface area contributed by atoms with Crippen LogP contribution in [0.25, 0.3) is 0 Å². The molecule has 0 spiro atoms. The summed E-state index contributed by atoms with van der Waals surface area (Å²) in [6.07, 6.45) is 6.79. The summed E-state index contributed by atoms with van der Waals surface area (Å²) in [6.45, 7) is 2.40. The quantitative estimate of drug-likeness (QED) is 0.549. The van der Waals surface area contributed by atoms with Crippen LogP contribution in [0.5, 0.6) is 0 Å². The van der Waals surface area contributed by atoms with Crippen molar-refractivity contribution < 1.29 is 14.7 Å². The molecule has 0 aromatic rings. The fourth-order valence-electron chi connectivity index (χ4n) is 2.24. The number of carbonyl (C=O) groups excluding carboxylic acids is 1. The molecule has 0 aliphatic heterocycles. The van der Waals surface area contributed by atoms with Crippen LogP contribution in [0.1, 0.15) is 26.2 Å². The molecule has 1 aliphatic rings. The third-order valence-electron chi connectivity index (χ3n) is 3.02. The van der Waals surface area contributed by atoms with Crippen LogP contribution >= 0.6 is 0 Å². The Bertz CT molecular complexity index is 319. The van der Waals surface area contributed by atoms with Gasteiger partial charge in [0, 0.05) is 13.0 Å². The number of carbonyl (C=O) groups is 2. The fourth-order valence-corrected chi connectivity index (χ4v) is 2.24. The molecule has 0 radical (unpaired) electrons. The number of nitrogens with one attached hydrogen (secondary N) is 1. The maximum Gasteiger partial charge on any atom is 0.307 e. The molecule has 1 aliphatic carbocycles. The Morgan fingerprint density at radius 2 is 2.06 bits per heavy atom. The first-order valence-corrected chi connectivity index (χ1v) is 5.50. The second kappa shape index (κ2) is 5.55. The number of carboxylic acid groups (broad SMARTS) is 1. The lowest BCUT2D eigenvalue weighted by Gasteiger charge is -2.14. The average Bonchev–Trinajstić information content (AvgIpc) is 2.61. The Balaban J connectivity index is 2.54. The van der Waals surface area contributed by atoms with E-state index in [1.54, 1.807) is 0 Å². The summed E-state index contributed by atoms with van der Waals surface area (Å²) in [6, 6.07) is 0. The second-order valence-corrected chi connectivity index (χ2v) is 4.37. The van der Waals surface area contributed by atoms with Crippen LogP contribution in [0.4, 0.5) is 0 Å². The number of hydrogen-bond acceptors (Lipinski definition) is 2. The van der Waals surface area contributed by atoms with E-state index in [1.165, 1.54) is 0 Å². The minimum absolute atomic E-state index is 0.174. The van der Waals surface area contributed by atoms with E-state index in [9.17, 15) is 9.59 Å². The van der Waals surface area contributed by atoms with Gasteiger partial charge >= 0.3 is 5.97 Å². The van der Waals surface area contributed by atoms with Gasteiger partial charge in [-0.05, 0) is 18.8 Å². The largest absolute Gasteiger partial charge is 0.481 e. The van der Waals surface area contributed by atoms with Crippen LogP contribution < -0.4 is 5.32 Å². The molecule has 0 aromatic carbocycles. The molecule has 1 saturated carbocycles. The molecule has 0 heterocycles. The monoisotopic (exact) mass is 223 g/mol. The van der Waals surface area contributed by atoms with Crippen molar-refractivity contribution in [2.75, 3.05) is 6.54 Å². The van der Waals surface area contributed by atoms with Gasteiger partial charge in [0.1, 0.15) is 0 Å². The normalized spacial score (nSPS) is 28.4. The highest BCUT2D eigenvalue weighted by Gasteiger charge is 2.40. The Morgan fingerprint density at radius 1 is 1.44 bits per heavy atom. The third kappa shape index (κ3) is 2.99. The minimum atomic E-state index is -0.874. The molecule has 4 nitrogen and oxygen atoms in total. The molecule has 4 heteroatoms. The molecule has 1 fully saturated rings. The lowest BCUT2D eigenvalue weighted by Crippen LogP contribution is -2.35. The zero-order valence-corrected chi connectivity index (χ0v) is 9.40. The van der Waals surface area contributed by atoms with Crippen molar-refractivity contribution >= 4 is 11.9 Å². The third-order valence-corrected chi connectivity index (χ3v) is 3.02. The van der Waals surface area contributed by atoms with E-state index in [-0.39, 0.29) is 5.91 Å². The zero-order valence-electron chi connectivity index (χ0n) is 9.40. The van der Waals surface area contributed by atoms with Gasteiger partial charge in [-0.25, -0.2) is 0 Å². The van der Waals surface area contributed by atoms with Gasteiger partial charge in [0.05, 0.1) is 11.8 Å². The molecule has 1 amide bonds. The minimum Gasteiger partial charge on any atom is -0.481 e. The number of hydrogen-bond donors (Lipinski definition) is 2. The highest BCUT2D eigenvalue weighted by molar-refractivity contribution is 5.85. The summed E-state index contributed by atoms with van der Waals surface area (Å²) in [7, 11) is 0. The van der Waals surface area contributed by atoms with Gasteiger partial charge in [-0.15, -0.1) is 12.3 Å². The highest BCUT2D eigenvalue weighted by Crippen LogP contribution is 2.36. The maximum absolute atomic E-state index is 11.7. The van der Waals surface area contributed by atoms with Crippen LogP contribution in [0.15, 0.2) is 0 Å². The van der Waals surface area contributed by atoms with Gasteiger partial charge in [-0.1, -0.05) is 6.92 Å². The first kappa shape index (κ1) is 12.6. The predicted octanol–water partition coefficient (Wildman–Crippen LogP) is 0.873. The molecule has 3 unspecified atom stereocenters. The van der Waals surface area contributed by atoms with Crippen molar-refractivity contribution in [2.45, 2.75) is 26.2 Å². The number of aliphatic carboxylic acids is 1. The summed E-state index contributed by atoms with van der Waals surface area (Å²) in [4.78, 5) is 22.7. The van der Waals surface area contributed by atoms with Gasteiger partial charge in [-0.3, -0.25) is 9.59 Å². The van der Waals surface area contributed by atoms with Gasteiger partial charge in [-0.2, -0.15) is 0 Å². The van der Waals surface area contributed by atoms with Gasteiger partial charge in [0.15, 0.2) is 0 Å². The second-order valence-electron chi connectivity index (χ2n) is 4.37. The zero-order chi connectivity index (χ0) is 12.1. The van der Waals surface area contributed by atoms with Gasteiger partial charge in [0.2, 0.25) is 5.91 Å². The predicted molar refractivity (Wildman–Crippen MR) is 59.5 cm³/mol. The van der Waals surface area contributed by atoms with E-state index in [2.05, 4.69) is 11.2 Å². The summed E-state index contributed by atoms with van der Waals surface area (Å²) in [5.74, 6) is 0.735. The van der Waals surface area contributed by atoms with E-state index in [0.29, 0.717) is 31.7 Å². The lowest BCUT2D eigenvalue weighted by molar-refractivity contribution is -0.146. The summed E-state index contributed by atoms with van der Waals surface area (Å²) in [5.41, 5.74) is 0. The lowest BCUT2D eigenvalue weighted by atomic mass is 9.95. The highest BCUT2D eigenvalue weighted by atomic mass is 16.4. The van der Waals surface area contributed by atoms with Crippen LogP contribution in [-0.4, -0.2) is 23.5 Å². The van der Waals surface area contributed by atoms with Crippen molar-refractivity contribution in [3.8, 4) is 12.3 Å². The van der Waals surface area contributed by atoms with E-state index in [0.717, 1.165) is 0 Å². The van der Waals surface area contributed by atoms with E-state index >= 15 is 0 Å². The molecule has 0 saturated heterocycles. The number of carboxylic acids is 1. The van der Waals surface area contributed by atoms with E-state index < -0.39 is 17.8 Å². The summed E-state index contributed by atoms with van der Waals surface area (Å²) < 4.78 is 0. The van der Waals surface area contributed by atoms with E-state index in [1.807, 2.05) is 6.92 Å². The smallest absolute Gasteiger partial charge is 0.307 e. The van der Waals surface area contributed by atoms with Crippen LogP contribution in [0.2, 0.25) is 0 Å². The molecular weight excluding hydrogens is 206 g/mol. The first-order valence-electron chi connectivity index (χ1n) is 5.50. The first-order chi connectivity index (χ1) is 7.56. The molecule has 0 aromatic heterocycles. The summed E-state index contributed by atoms with van der Waals surface area (Å²) in [5, 5.41) is 11.7. The Hall–Kier alpha value is -1.50. The van der Waals surface area contributed by atoms with Crippen molar-refractivity contribution in [1.29, 1.82) is 0 Å². The van der Waals surface area contributed by atoms with Gasteiger partial charge < -0.3 is 10.4 Å². The fraction of sp³-hybridized carbons (Fsp3) is 0.667. The van der Waals surface area contributed by atoms with E-state index in [4.69, 9.17) is 11.5 Å². The molecular formula is C12H17NO3. The maximum atomic E-state index is 11.7.